The van der Waals surface area contributed by atoms with E-state index in [4.69, 9.17) is 0 Å². The Bertz CT molecular complexity index is 1050. The molecular weight excluding hydrogens is 368 g/mol. The third kappa shape index (κ3) is 3.03. The molecule has 2 atom stereocenters. The molecule has 0 aromatic heterocycles. The highest BCUT2D eigenvalue weighted by atomic mass is 16.6. The van der Waals surface area contributed by atoms with Crippen molar-refractivity contribution in [3.63, 3.8) is 0 Å². The quantitative estimate of drug-likeness (QED) is 0.584. The summed E-state index contributed by atoms with van der Waals surface area (Å²) in [6, 6.07) is 15.4. The van der Waals surface area contributed by atoms with Gasteiger partial charge >= 0.3 is 0 Å². The van der Waals surface area contributed by atoms with Gasteiger partial charge in [-0.05, 0) is 30.2 Å². The Morgan fingerprint density at radius 3 is 2.48 bits per heavy atom. The number of hydrogen-bond donors (Lipinski definition) is 0. The highest BCUT2D eigenvalue weighted by molar-refractivity contribution is 6.10. The van der Waals surface area contributed by atoms with E-state index in [9.17, 15) is 20.2 Å². The number of non-ortho nitro benzene ring substituents is 1. The van der Waals surface area contributed by atoms with Gasteiger partial charge in [-0.25, -0.2) is 0 Å². The van der Waals surface area contributed by atoms with Crippen molar-refractivity contribution >= 4 is 23.0 Å². The summed E-state index contributed by atoms with van der Waals surface area (Å²) < 4.78 is 0. The smallest absolute Gasteiger partial charge is 0.269 e. The molecule has 0 aliphatic carbocycles. The summed E-state index contributed by atoms with van der Waals surface area (Å²) in [6.07, 6.45) is 1.76. The number of anilines is 2. The normalized spacial score (nSPS) is 20.2. The lowest BCUT2D eigenvalue weighted by Gasteiger charge is -2.38. The lowest BCUT2D eigenvalue weighted by molar-refractivity contribution is -0.384. The van der Waals surface area contributed by atoms with Crippen molar-refractivity contribution in [3.8, 4) is 6.07 Å². The van der Waals surface area contributed by atoms with Crippen LogP contribution in [0.4, 0.5) is 17.1 Å². The SMILES string of the molecule is CC(C)CN1c2ccccc2C2C1C=C(C#N)C(=O)N2c1ccc([N+](=O)[O-])cc1. The van der Waals surface area contributed by atoms with Gasteiger partial charge < -0.3 is 4.90 Å². The minimum atomic E-state index is -0.472. The summed E-state index contributed by atoms with van der Waals surface area (Å²) in [5.41, 5.74) is 2.65. The number of hydrogen-bond acceptors (Lipinski definition) is 5. The van der Waals surface area contributed by atoms with Crippen LogP contribution in [0, 0.1) is 27.4 Å². The molecule has 2 unspecified atom stereocenters. The standard InChI is InChI=1S/C22H20N4O3/c1-14(2)13-24-19-6-4-3-5-18(19)21-20(24)11-15(12-23)22(27)25(21)16-7-9-17(10-8-16)26(28)29/h3-11,14,20-21H,13H2,1-2H3. The number of fused-ring (bicyclic) bond motifs is 3. The minimum absolute atomic E-state index is 0.0425. The molecule has 146 valence electrons. The fourth-order valence-corrected chi connectivity index (χ4v) is 4.20. The number of carbonyl (C=O) groups excluding carboxylic acids is 1. The maximum Gasteiger partial charge on any atom is 0.269 e. The van der Waals surface area contributed by atoms with Gasteiger partial charge in [0.05, 0.1) is 17.0 Å². The molecule has 29 heavy (non-hydrogen) atoms. The van der Waals surface area contributed by atoms with E-state index in [-0.39, 0.29) is 29.3 Å². The van der Waals surface area contributed by atoms with Crippen LogP contribution in [0.3, 0.4) is 0 Å². The molecule has 4 rings (SSSR count). The van der Waals surface area contributed by atoms with E-state index in [1.54, 1.807) is 23.1 Å². The Kier molecular flexibility index (Phi) is 4.55. The van der Waals surface area contributed by atoms with Crippen molar-refractivity contribution in [1.29, 1.82) is 5.26 Å². The lowest BCUT2D eigenvalue weighted by Crippen LogP contribution is -2.48. The van der Waals surface area contributed by atoms with Crippen molar-refractivity contribution in [2.24, 2.45) is 5.92 Å². The molecule has 2 aliphatic heterocycles. The van der Waals surface area contributed by atoms with Gasteiger partial charge in [0, 0.05) is 35.6 Å². The molecule has 7 nitrogen and oxygen atoms in total. The van der Waals surface area contributed by atoms with Gasteiger partial charge in [-0.15, -0.1) is 0 Å². The van der Waals surface area contributed by atoms with E-state index in [1.807, 2.05) is 30.3 Å². The zero-order valence-electron chi connectivity index (χ0n) is 16.1. The minimum Gasteiger partial charge on any atom is -0.362 e. The molecule has 0 saturated carbocycles. The predicted molar refractivity (Wildman–Crippen MR) is 109 cm³/mol. The molecule has 2 heterocycles. The Balaban J connectivity index is 1.87. The van der Waals surface area contributed by atoms with Crippen LogP contribution in [0.5, 0.6) is 0 Å². The number of benzene rings is 2. The molecule has 0 fully saturated rings. The van der Waals surface area contributed by atoms with Gasteiger partial charge in [-0.3, -0.25) is 19.8 Å². The van der Waals surface area contributed by atoms with Crippen LogP contribution in [0.15, 0.2) is 60.2 Å². The second kappa shape index (κ2) is 7.06. The highest BCUT2D eigenvalue weighted by Gasteiger charge is 2.47. The van der Waals surface area contributed by atoms with Crippen molar-refractivity contribution in [2.75, 3.05) is 16.3 Å². The molecule has 2 aromatic carbocycles. The first-order valence-corrected chi connectivity index (χ1v) is 9.48. The van der Waals surface area contributed by atoms with E-state index in [2.05, 4.69) is 18.7 Å². The lowest BCUT2D eigenvalue weighted by atomic mass is 9.93. The van der Waals surface area contributed by atoms with Crippen LogP contribution in [-0.2, 0) is 4.79 Å². The first-order chi connectivity index (χ1) is 13.9. The molecule has 0 spiro atoms. The predicted octanol–water partition coefficient (Wildman–Crippen LogP) is 3.98. The van der Waals surface area contributed by atoms with Gasteiger partial charge in [0.2, 0.25) is 0 Å². The topological polar surface area (TPSA) is 90.5 Å². The molecule has 2 aromatic rings. The van der Waals surface area contributed by atoms with Crippen LogP contribution >= 0.6 is 0 Å². The summed E-state index contributed by atoms with van der Waals surface area (Å²) in [5.74, 6) is 0.00926. The second-order valence-electron chi connectivity index (χ2n) is 7.68. The molecule has 1 amide bonds. The van der Waals surface area contributed by atoms with Gasteiger partial charge in [-0.2, -0.15) is 5.26 Å². The third-order valence-corrected chi connectivity index (χ3v) is 5.33. The number of nitrogens with zero attached hydrogens (tertiary/aromatic N) is 4. The van der Waals surface area contributed by atoms with E-state index < -0.39 is 4.92 Å². The monoisotopic (exact) mass is 388 g/mol. The van der Waals surface area contributed by atoms with Crippen molar-refractivity contribution in [3.05, 3.63) is 75.9 Å². The number of amides is 1. The Morgan fingerprint density at radius 1 is 1.17 bits per heavy atom. The number of para-hydroxylation sites is 1. The molecule has 0 N–H and O–H groups in total. The van der Waals surface area contributed by atoms with Crippen LogP contribution in [0.1, 0.15) is 25.5 Å². The first-order valence-electron chi connectivity index (χ1n) is 9.48. The van der Waals surface area contributed by atoms with Gasteiger partial charge in [-0.1, -0.05) is 32.0 Å². The zero-order valence-corrected chi connectivity index (χ0v) is 16.1. The molecule has 0 radical (unpaired) electrons. The fourth-order valence-electron chi connectivity index (χ4n) is 4.20. The van der Waals surface area contributed by atoms with Crippen LogP contribution in [-0.4, -0.2) is 23.4 Å². The average Bonchev–Trinajstić information content (AvgIpc) is 3.00. The number of carbonyl (C=O) groups is 1. The van der Waals surface area contributed by atoms with Crippen LogP contribution < -0.4 is 9.80 Å². The van der Waals surface area contributed by atoms with Crippen LogP contribution in [0.2, 0.25) is 0 Å². The molecular formula is C22H20N4O3. The van der Waals surface area contributed by atoms with Crippen LogP contribution in [0.25, 0.3) is 0 Å². The summed E-state index contributed by atoms with van der Waals surface area (Å²) in [4.78, 5) is 27.5. The molecule has 0 bridgehead atoms. The summed E-state index contributed by atoms with van der Waals surface area (Å²) in [7, 11) is 0. The van der Waals surface area contributed by atoms with Gasteiger partial charge in [0.1, 0.15) is 11.6 Å². The Labute approximate surface area is 168 Å². The van der Waals surface area contributed by atoms with Crippen molar-refractivity contribution < 1.29 is 9.72 Å². The first kappa shape index (κ1) is 18.7. The van der Waals surface area contributed by atoms with Gasteiger partial charge in [0.25, 0.3) is 11.6 Å². The van der Waals surface area contributed by atoms with Gasteiger partial charge in [0.15, 0.2) is 0 Å². The highest BCUT2D eigenvalue weighted by Crippen LogP contribution is 2.48. The Morgan fingerprint density at radius 2 is 1.86 bits per heavy atom. The number of nitro groups is 1. The van der Waals surface area contributed by atoms with E-state index in [0.29, 0.717) is 11.6 Å². The Hall–Kier alpha value is -3.66. The fraction of sp³-hybridized carbons (Fsp3) is 0.273. The zero-order chi connectivity index (χ0) is 20.7. The summed E-state index contributed by atoms with van der Waals surface area (Å²) >= 11 is 0. The van der Waals surface area contributed by atoms with E-state index in [0.717, 1.165) is 17.8 Å². The molecule has 2 aliphatic rings. The summed E-state index contributed by atoms with van der Waals surface area (Å²) in [5, 5.41) is 20.6. The largest absolute Gasteiger partial charge is 0.362 e. The van der Waals surface area contributed by atoms with E-state index in [1.165, 1.54) is 12.1 Å². The second-order valence-corrected chi connectivity index (χ2v) is 7.68. The molecule has 0 saturated heterocycles. The molecule has 7 heteroatoms. The maximum atomic E-state index is 13.1. The van der Waals surface area contributed by atoms with Crippen molar-refractivity contribution in [2.45, 2.75) is 25.9 Å². The van der Waals surface area contributed by atoms with Crippen molar-refractivity contribution in [1.82, 2.24) is 0 Å². The number of nitriles is 1. The maximum absolute atomic E-state index is 13.1. The summed E-state index contributed by atoms with van der Waals surface area (Å²) in [6.45, 7) is 5.05. The number of nitro benzene ring substituents is 1. The third-order valence-electron chi connectivity index (χ3n) is 5.33. The average molecular weight is 388 g/mol. The van der Waals surface area contributed by atoms with E-state index >= 15 is 0 Å². The number of rotatable bonds is 4.